The Morgan fingerprint density at radius 2 is 1.95 bits per heavy atom. The third kappa shape index (κ3) is 3.77. The molecule has 0 amide bonds. The molecule has 1 aliphatic rings. The van der Waals surface area contributed by atoms with Gasteiger partial charge < -0.3 is 9.64 Å². The minimum absolute atomic E-state index is 0.360. The number of nitrogens with zero attached hydrogens (tertiary/aromatic N) is 1. The van der Waals surface area contributed by atoms with E-state index in [0.717, 1.165) is 5.56 Å². The third-order valence-corrected chi connectivity index (χ3v) is 3.73. The van der Waals surface area contributed by atoms with Crippen LogP contribution in [0.1, 0.15) is 38.2 Å². The van der Waals surface area contributed by atoms with Crippen LogP contribution in [0.15, 0.2) is 24.3 Å². The van der Waals surface area contributed by atoms with Gasteiger partial charge in [-0.3, -0.25) is 0 Å². The van der Waals surface area contributed by atoms with E-state index in [4.69, 9.17) is 4.74 Å². The molecule has 3 heteroatoms. The Hall–Kier alpha value is -1.95. The van der Waals surface area contributed by atoms with Crippen molar-refractivity contribution in [3.05, 3.63) is 29.8 Å². The van der Waals surface area contributed by atoms with Crippen molar-refractivity contribution in [2.45, 2.75) is 38.6 Å². The van der Waals surface area contributed by atoms with Crippen molar-refractivity contribution in [2.75, 3.05) is 18.6 Å². The van der Waals surface area contributed by atoms with Crippen LogP contribution in [-0.2, 0) is 9.53 Å². The van der Waals surface area contributed by atoms with E-state index in [2.05, 4.69) is 35.9 Å². The van der Waals surface area contributed by atoms with E-state index in [1.165, 1.54) is 31.4 Å². The Morgan fingerprint density at radius 1 is 1.30 bits per heavy atom. The molecule has 1 aromatic carbocycles. The first kappa shape index (κ1) is 14.5. The Kier molecular flexibility index (Phi) is 5.06. The van der Waals surface area contributed by atoms with Crippen LogP contribution in [0.4, 0.5) is 5.69 Å². The van der Waals surface area contributed by atoms with Crippen molar-refractivity contribution in [2.24, 2.45) is 0 Å². The molecule has 2 rings (SSSR count). The number of anilines is 1. The molecule has 0 spiro atoms. The van der Waals surface area contributed by atoms with E-state index >= 15 is 0 Å². The van der Waals surface area contributed by atoms with Crippen molar-refractivity contribution in [1.82, 2.24) is 0 Å². The van der Waals surface area contributed by atoms with Crippen LogP contribution in [0.5, 0.6) is 0 Å². The standard InChI is InChI=1S/C17H21NO2/c1-3-20-17(19)13-10-14-8-11-16(12-9-14)18(2)15-6-4-5-7-15/h8-9,11-12,15H,3-7H2,1-2H3. The average Bonchev–Trinajstić information content (AvgIpc) is 2.99. The van der Waals surface area contributed by atoms with Gasteiger partial charge in [0.2, 0.25) is 0 Å². The molecule has 0 heterocycles. The van der Waals surface area contributed by atoms with E-state index in [9.17, 15) is 4.79 Å². The van der Waals surface area contributed by atoms with Crippen LogP contribution in [0.2, 0.25) is 0 Å². The molecule has 0 atom stereocenters. The lowest BCUT2D eigenvalue weighted by atomic mass is 10.1. The summed E-state index contributed by atoms with van der Waals surface area (Å²) < 4.78 is 4.77. The maximum Gasteiger partial charge on any atom is 0.384 e. The van der Waals surface area contributed by atoms with Crippen LogP contribution in [0.3, 0.4) is 0 Å². The molecule has 1 saturated carbocycles. The van der Waals surface area contributed by atoms with Crippen molar-refractivity contribution < 1.29 is 9.53 Å². The topological polar surface area (TPSA) is 29.5 Å². The van der Waals surface area contributed by atoms with E-state index < -0.39 is 5.97 Å². The van der Waals surface area contributed by atoms with Gasteiger partial charge in [0.25, 0.3) is 0 Å². The summed E-state index contributed by atoms with van der Waals surface area (Å²) in [6.45, 7) is 2.13. The Balaban J connectivity index is 2.00. The molecular weight excluding hydrogens is 250 g/mol. The van der Waals surface area contributed by atoms with Gasteiger partial charge in [0.05, 0.1) is 6.61 Å². The quantitative estimate of drug-likeness (QED) is 0.625. The zero-order chi connectivity index (χ0) is 14.4. The number of esters is 1. The maximum atomic E-state index is 11.2. The maximum absolute atomic E-state index is 11.2. The number of benzene rings is 1. The second kappa shape index (κ2) is 7.00. The summed E-state index contributed by atoms with van der Waals surface area (Å²) in [5.74, 6) is 4.83. The normalized spacial score (nSPS) is 14.5. The molecular formula is C17H21NO2. The molecule has 1 aliphatic carbocycles. The predicted molar refractivity (Wildman–Crippen MR) is 80.6 cm³/mol. The zero-order valence-electron chi connectivity index (χ0n) is 12.2. The molecule has 0 aromatic heterocycles. The molecule has 1 fully saturated rings. The molecule has 0 saturated heterocycles. The lowest BCUT2D eigenvalue weighted by Gasteiger charge is -2.26. The minimum Gasteiger partial charge on any atom is -0.456 e. The van der Waals surface area contributed by atoms with Gasteiger partial charge in [0, 0.05) is 30.3 Å². The van der Waals surface area contributed by atoms with Crippen molar-refractivity contribution in [3.63, 3.8) is 0 Å². The molecule has 0 bridgehead atoms. The predicted octanol–water partition coefficient (Wildman–Crippen LogP) is 2.98. The highest BCUT2D eigenvalue weighted by Crippen LogP contribution is 2.26. The van der Waals surface area contributed by atoms with E-state index in [1.807, 2.05) is 12.1 Å². The minimum atomic E-state index is -0.473. The molecule has 0 N–H and O–H groups in total. The third-order valence-electron chi connectivity index (χ3n) is 3.73. The van der Waals surface area contributed by atoms with Gasteiger partial charge in [0.15, 0.2) is 0 Å². The Morgan fingerprint density at radius 3 is 2.55 bits per heavy atom. The number of hydrogen-bond donors (Lipinski definition) is 0. The fraction of sp³-hybridized carbons (Fsp3) is 0.471. The van der Waals surface area contributed by atoms with Crippen molar-refractivity contribution in [3.8, 4) is 11.8 Å². The number of hydrogen-bond acceptors (Lipinski definition) is 3. The van der Waals surface area contributed by atoms with Crippen molar-refractivity contribution in [1.29, 1.82) is 0 Å². The lowest BCUT2D eigenvalue weighted by molar-refractivity contribution is -0.136. The smallest absolute Gasteiger partial charge is 0.384 e. The van der Waals surface area contributed by atoms with Gasteiger partial charge >= 0.3 is 5.97 Å². The van der Waals surface area contributed by atoms with Crippen LogP contribution < -0.4 is 4.90 Å². The second-order valence-corrected chi connectivity index (χ2v) is 5.07. The number of carbonyl (C=O) groups is 1. The zero-order valence-corrected chi connectivity index (χ0v) is 12.2. The van der Waals surface area contributed by atoms with Crippen LogP contribution >= 0.6 is 0 Å². The van der Waals surface area contributed by atoms with Crippen LogP contribution in [0.25, 0.3) is 0 Å². The van der Waals surface area contributed by atoms with Gasteiger partial charge in [-0.25, -0.2) is 4.79 Å². The summed E-state index contributed by atoms with van der Waals surface area (Å²) in [6.07, 6.45) is 5.22. The SMILES string of the molecule is CCOC(=O)C#Cc1ccc(N(C)C2CCCC2)cc1. The summed E-state index contributed by atoms with van der Waals surface area (Å²) in [5, 5.41) is 0. The average molecular weight is 271 g/mol. The van der Waals surface area contributed by atoms with E-state index in [-0.39, 0.29) is 0 Å². The van der Waals surface area contributed by atoms with Gasteiger partial charge in [-0.05, 0) is 44.0 Å². The molecule has 0 aliphatic heterocycles. The first-order chi connectivity index (χ1) is 9.70. The lowest BCUT2D eigenvalue weighted by Crippen LogP contribution is -2.28. The van der Waals surface area contributed by atoms with Gasteiger partial charge in [-0.2, -0.15) is 0 Å². The van der Waals surface area contributed by atoms with Crippen LogP contribution in [0, 0.1) is 11.8 Å². The highest BCUT2D eigenvalue weighted by Gasteiger charge is 2.19. The number of rotatable bonds is 3. The summed E-state index contributed by atoms with van der Waals surface area (Å²) in [7, 11) is 2.15. The molecule has 0 unspecified atom stereocenters. The Bertz CT molecular complexity index is 504. The molecule has 20 heavy (non-hydrogen) atoms. The molecule has 0 radical (unpaired) electrons. The Labute approximate surface area is 120 Å². The monoisotopic (exact) mass is 271 g/mol. The second-order valence-electron chi connectivity index (χ2n) is 5.07. The fourth-order valence-corrected chi connectivity index (χ4v) is 2.57. The molecule has 106 valence electrons. The summed E-state index contributed by atoms with van der Waals surface area (Å²) in [5.41, 5.74) is 2.04. The molecule has 3 nitrogen and oxygen atoms in total. The fourth-order valence-electron chi connectivity index (χ4n) is 2.57. The van der Waals surface area contributed by atoms with Crippen LogP contribution in [-0.4, -0.2) is 25.7 Å². The first-order valence-electron chi connectivity index (χ1n) is 7.22. The summed E-state index contributed by atoms with van der Waals surface area (Å²) >= 11 is 0. The summed E-state index contributed by atoms with van der Waals surface area (Å²) in [4.78, 5) is 13.5. The highest BCUT2D eigenvalue weighted by molar-refractivity contribution is 5.89. The van der Waals surface area contributed by atoms with E-state index in [0.29, 0.717) is 12.6 Å². The number of ether oxygens (including phenoxy) is 1. The summed E-state index contributed by atoms with van der Waals surface area (Å²) in [6, 6.07) is 8.69. The van der Waals surface area contributed by atoms with Gasteiger partial charge in [-0.1, -0.05) is 18.8 Å². The molecule has 1 aromatic rings. The highest BCUT2D eigenvalue weighted by atomic mass is 16.5. The van der Waals surface area contributed by atoms with Gasteiger partial charge in [0.1, 0.15) is 0 Å². The van der Waals surface area contributed by atoms with E-state index in [1.54, 1.807) is 6.92 Å². The number of carbonyl (C=O) groups excluding carboxylic acids is 1. The largest absolute Gasteiger partial charge is 0.456 e. The van der Waals surface area contributed by atoms with Crippen molar-refractivity contribution >= 4 is 11.7 Å². The first-order valence-corrected chi connectivity index (χ1v) is 7.22. The van der Waals surface area contributed by atoms with Gasteiger partial charge in [-0.15, -0.1) is 0 Å².